The molecule has 0 heterocycles. The van der Waals surface area contributed by atoms with Crippen LogP contribution in [0.25, 0.3) is 0 Å². The molecule has 0 aliphatic heterocycles. The summed E-state index contributed by atoms with van der Waals surface area (Å²) in [6.07, 6.45) is -4.02. The zero-order valence-corrected chi connectivity index (χ0v) is 11.0. The molecule has 20 heavy (non-hydrogen) atoms. The summed E-state index contributed by atoms with van der Waals surface area (Å²) in [6, 6.07) is 6.70. The fraction of sp³-hybridized carbons (Fsp3) is 0.462. The smallest absolute Gasteiger partial charge is 0.333 e. The number of amides is 1. The highest BCUT2D eigenvalue weighted by Crippen LogP contribution is 2.26. The van der Waals surface area contributed by atoms with E-state index < -0.39 is 18.3 Å². The van der Waals surface area contributed by atoms with Gasteiger partial charge < -0.3 is 10.6 Å². The molecule has 0 spiro atoms. The van der Waals surface area contributed by atoms with Crippen molar-refractivity contribution in [3.05, 3.63) is 35.4 Å². The van der Waals surface area contributed by atoms with Gasteiger partial charge in [0.25, 0.3) is 5.91 Å². The van der Waals surface area contributed by atoms with Crippen molar-refractivity contribution in [2.45, 2.75) is 32.4 Å². The number of nitrogens with two attached hydrogens (primary N) is 1. The summed E-state index contributed by atoms with van der Waals surface area (Å²) in [5, 5.41) is 0. The van der Waals surface area contributed by atoms with Gasteiger partial charge in [-0.3, -0.25) is 4.79 Å². The van der Waals surface area contributed by atoms with Gasteiger partial charge in [-0.25, -0.2) is 8.78 Å². The number of halogens is 4. The van der Waals surface area contributed by atoms with Crippen molar-refractivity contribution in [2.75, 3.05) is 6.54 Å². The second-order valence-corrected chi connectivity index (χ2v) is 4.22. The summed E-state index contributed by atoms with van der Waals surface area (Å²) in [5.41, 5.74) is 6.75. The van der Waals surface area contributed by atoms with E-state index in [0.29, 0.717) is 16.0 Å². The molecular weight excluding hydrogens is 276 g/mol. The average molecular weight is 292 g/mol. The van der Waals surface area contributed by atoms with Gasteiger partial charge >= 0.3 is 12.3 Å². The number of hydrogen-bond acceptors (Lipinski definition) is 2. The molecule has 0 aliphatic rings. The lowest BCUT2D eigenvalue weighted by Crippen LogP contribution is -2.47. The van der Waals surface area contributed by atoms with Crippen LogP contribution in [0.15, 0.2) is 24.3 Å². The van der Waals surface area contributed by atoms with E-state index in [4.69, 9.17) is 5.73 Å². The van der Waals surface area contributed by atoms with Crippen LogP contribution in [0.2, 0.25) is 0 Å². The van der Waals surface area contributed by atoms with Gasteiger partial charge in [-0.1, -0.05) is 24.3 Å². The van der Waals surface area contributed by atoms with Crippen molar-refractivity contribution in [3.63, 3.8) is 0 Å². The zero-order chi connectivity index (χ0) is 15.3. The van der Waals surface area contributed by atoms with Gasteiger partial charge in [0.2, 0.25) is 0 Å². The summed E-state index contributed by atoms with van der Waals surface area (Å²) in [4.78, 5) is 12.2. The number of hydrogen-bond donors (Lipinski definition) is 1. The maximum absolute atomic E-state index is 13.1. The number of carbonyl (C=O) groups excluding carboxylic acids is 1. The molecule has 0 aromatic heterocycles. The van der Waals surface area contributed by atoms with Crippen LogP contribution in [-0.2, 0) is 17.9 Å². The lowest BCUT2D eigenvalue weighted by Gasteiger charge is -2.26. The van der Waals surface area contributed by atoms with Crippen LogP contribution < -0.4 is 5.73 Å². The van der Waals surface area contributed by atoms with Gasteiger partial charge in [-0.05, 0) is 18.1 Å². The average Bonchev–Trinajstić information content (AvgIpc) is 2.44. The van der Waals surface area contributed by atoms with E-state index >= 15 is 0 Å². The lowest BCUT2D eigenvalue weighted by molar-refractivity contribution is -0.181. The Hall–Kier alpha value is -1.63. The normalized spacial score (nSPS) is 11.8. The van der Waals surface area contributed by atoms with Crippen LogP contribution in [0.1, 0.15) is 18.1 Å². The Morgan fingerprint density at radius 2 is 1.85 bits per heavy atom. The number of benzene rings is 1. The highest BCUT2D eigenvalue weighted by molar-refractivity contribution is 5.84. The summed E-state index contributed by atoms with van der Waals surface area (Å²) in [7, 11) is 0. The van der Waals surface area contributed by atoms with Crippen molar-refractivity contribution in [1.82, 2.24) is 4.90 Å². The molecule has 112 valence electrons. The van der Waals surface area contributed by atoms with E-state index in [1.54, 1.807) is 24.3 Å². The molecule has 0 aliphatic carbocycles. The van der Waals surface area contributed by atoms with Gasteiger partial charge in [-0.2, -0.15) is 8.78 Å². The molecule has 0 saturated heterocycles. The summed E-state index contributed by atoms with van der Waals surface area (Å²) in [5.74, 6) is -6.55. The number of carbonyl (C=O) groups is 1. The van der Waals surface area contributed by atoms with E-state index in [-0.39, 0.29) is 19.6 Å². The molecule has 2 N–H and O–H groups in total. The zero-order valence-electron chi connectivity index (χ0n) is 11.0. The van der Waals surface area contributed by atoms with E-state index in [2.05, 4.69) is 0 Å². The molecule has 0 fully saturated rings. The molecular formula is C13H16F4N2O. The minimum absolute atomic E-state index is 0.0972. The first-order valence-corrected chi connectivity index (χ1v) is 6.06. The second kappa shape index (κ2) is 6.69. The Kier molecular flexibility index (Phi) is 5.50. The van der Waals surface area contributed by atoms with Crippen LogP contribution in [0.3, 0.4) is 0 Å². The van der Waals surface area contributed by atoms with Crippen molar-refractivity contribution in [2.24, 2.45) is 5.73 Å². The molecule has 1 amide bonds. The lowest BCUT2D eigenvalue weighted by atomic mass is 10.1. The Bertz CT molecular complexity index is 465. The predicted molar refractivity (Wildman–Crippen MR) is 66.4 cm³/mol. The van der Waals surface area contributed by atoms with Crippen LogP contribution in [0, 0.1) is 0 Å². The molecule has 0 unspecified atom stereocenters. The number of nitrogens with zero attached hydrogens (tertiary/aromatic N) is 1. The Balaban J connectivity index is 2.95. The van der Waals surface area contributed by atoms with E-state index in [0.717, 1.165) is 0 Å². The van der Waals surface area contributed by atoms with Gasteiger partial charge in [0, 0.05) is 19.6 Å². The molecule has 0 bridgehead atoms. The van der Waals surface area contributed by atoms with Gasteiger partial charge in [0.05, 0.1) is 0 Å². The molecule has 3 nitrogen and oxygen atoms in total. The van der Waals surface area contributed by atoms with Gasteiger partial charge in [0.1, 0.15) is 0 Å². The van der Waals surface area contributed by atoms with Crippen LogP contribution in [-0.4, -0.2) is 29.7 Å². The van der Waals surface area contributed by atoms with E-state index in [1.165, 1.54) is 6.92 Å². The van der Waals surface area contributed by atoms with Crippen LogP contribution in [0.5, 0.6) is 0 Å². The molecule has 1 aromatic rings. The maximum atomic E-state index is 13.1. The first-order chi connectivity index (χ1) is 9.34. The van der Waals surface area contributed by atoms with Crippen LogP contribution in [0.4, 0.5) is 17.6 Å². The minimum Gasteiger partial charge on any atom is -0.333 e. The summed E-state index contributed by atoms with van der Waals surface area (Å²) in [6.45, 7) is 1.35. The third kappa shape index (κ3) is 3.47. The Morgan fingerprint density at radius 3 is 2.30 bits per heavy atom. The highest BCUT2D eigenvalue weighted by Gasteiger charge is 2.50. The van der Waals surface area contributed by atoms with Gasteiger partial charge in [0.15, 0.2) is 0 Å². The SMILES string of the molecule is CCN(Cc1ccccc1CN)C(=O)C(F)(F)C(F)F. The molecule has 0 radical (unpaired) electrons. The Morgan fingerprint density at radius 1 is 1.30 bits per heavy atom. The summed E-state index contributed by atoms with van der Waals surface area (Å²) >= 11 is 0. The van der Waals surface area contributed by atoms with Crippen molar-refractivity contribution in [3.8, 4) is 0 Å². The quantitative estimate of drug-likeness (QED) is 0.818. The highest BCUT2D eigenvalue weighted by atomic mass is 19.3. The van der Waals surface area contributed by atoms with Crippen molar-refractivity contribution >= 4 is 5.91 Å². The predicted octanol–water partition coefficient (Wildman–Crippen LogP) is 2.39. The molecule has 0 atom stereocenters. The fourth-order valence-electron chi connectivity index (χ4n) is 1.75. The number of rotatable bonds is 6. The topological polar surface area (TPSA) is 46.3 Å². The monoisotopic (exact) mass is 292 g/mol. The standard InChI is InChI=1S/C13H16F4N2O/c1-2-19(12(20)13(16,17)11(14)15)8-10-6-4-3-5-9(10)7-18/h3-6,11H,2,7-8,18H2,1H3. The third-order valence-electron chi connectivity index (χ3n) is 2.93. The first-order valence-electron chi connectivity index (χ1n) is 6.06. The van der Waals surface area contributed by atoms with Crippen molar-refractivity contribution in [1.29, 1.82) is 0 Å². The molecule has 1 aromatic carbocycles. The molecule has 7 heteroatoms. The third-order valence-corrected chi connectivity index (χ3v) is 2.93. The molecule has 0 saturated carbocycles. The largest absolute Gasteiger partial charge is 0.383 e. The van der Waals surface area contributed by atoms with Gasteiger partial charge in [-0.15, -0.1) is 0 Å². The maximum Gasteiger partial charge on any atom is 0.383 e. The van der Waals surface area contributed by atoms with E-state index in [1.807, 2.05) is 0 Å². The Labute approximate surface area is 114 Å². The first kappa shape index (κ1) is 16.4. The number of alkyl halides is 4. The minimum atomic E-state index is -4.67. The van der Waals surface area contributed by atoms with Crippen LogP contribution >= 0.6 is 0 Å². The van der Waals surface area contributed by atoms with E-state index in [9.17, 15) is 22.4 Å². The summed E-state index contributed by atoms with van der Waals surface area (Å²) < 4.78 is 50.6. The molecule has 1 rings (SSSR count). The van der Waals surface area contributed by atoms with Crippen molar-refractivity contribution < 1.29 is 22.4 Å². The second-order valence-electron chi connectivity index (χ2n) is 4.22. The fourth-order valence-corrected chi connectivity index (χ4v) is 1.75.